The number of H-pyrrole nitrogens is 4. The van der Waals surface area contributed by atoms with Gasteiger partial charge in [0.1, 0.15) is 11.6 Å². The molecule has 4 N–H and O–H groups in total. The lowest BCUT2D eigenvalue weighted by Crippen LogP contribution is -1.90. The molecular formula is C50H74N6O4. The van der Waals surface area contributed by atoms with E-state index >= 15 is 0 Å². The lowest BCUT2D eigenvalue weighted by atomic mass is 10.2. The molecule has 0 saturated heterocycles. The van der Waals surface area contributed by atoms with Gasteiger partial charge in [0, 0.05) is 87.3 Å². The number of nitrogens with one attached hydrogen (secondary N) is 4. The van der Waals surface area contributed by atoms with E-state index in [0.29, 0.717) is 13.2 Å². The van der Waals surface area contributed by atoms with Crippen LogP contribution in [0.15, 0.2) is 146 Å². The summed E-state index contributed by atoms with van der Waals surface area (Å²) in [4.78, 5) is 21.4. The van der Waals surface area contributed by atoms with Crippen molar-refractivity contribution in [3.63, 3.8) is 0 Å². The van der Waals surface area contributed by atoms with Crippen molar-refractivity contribution in [1.29, 1.82) is 0 Å². The minimum atomic E-state index is 0. The molecule has 0 aliphatic heterocycles. The van der Waals surface area contributed by atoms with Crippen LogP contribution in [0.1, 0.15) is 68.8 Å². The van der Waals surface area contributed by atoms with E-state index in [2.05, 4.69) is 69.7 Å². The third-order valence-corrected chi connectivity index (χ3v) is 7.73. The third kappa shape index (κ3) is 21.3. The highest BCUT2D eigenvalue weighted by molar-refractivity contribution is 5.80. The largest absolute Gasteiger partial charge is 0.385 e. The van der Waals surface area contributed by atoms with Gasteiger partial charge in [-0.2, -0.15) is 0 Å². The zero-order chi connectivity index (χ0) is 40.1. The number of para-hydroxylation sites is 3. The molecule has 0 aliphatic carbocycles. The molecule has 4 aromatic heterocycles. The van der Waals surface area contributed by atoms with Crippen LogP contribution in [0.25, 0.3) is 44.7 Å². The van der Waals surface area contributed by atoms with Gasteiger partial charge in [-0.25, -0.2) is 9.97 Å². The van der Waals surface area contributed by atoms with Crippen molar-refractivity contribution in [3.05, 3.63) is 157 Å². The Morgan fingerprint density at radius 3 is 1.48 bits per heavy atom. The second kappa shape index (κ2) is 35.2. The SMILES string of the molecule is C.C.C.C.CCOC.CCOC.CCOCc1cc2ccccc2[nH]1.CCOCc1ccc[nH]1.c1ccc(-c2nc3ccccc3[nH]2)cc1.c1ccc(-c2ncc[nH]2)cc1. The number of fused-ring (bicyclic) bond motifs is 2. The van der Waals surface area contributed by atoms with Crippen LogP contribution in [0, 0.1) is 0 Å². The van der Waals surface area contributed by atoms with Crippen LogP contribution in [0.4, 0.5) is 0 Å². The number of ether oxygens (including phenoxy) is 4. The van der Waals surface area contributed by atoms with Crippen LogP contribution in [-0.4, -0.2) is 70.6 Å². The average molecular weight is 823 g/mol. The molecule has 0 amide bonds. The molecule has 0 atom stereocenters. The summed E-state index contributed by atoms with van der Waals surface area (Å²) in [6.07, 6.45) is 5.47. The monoisotopic (exact) mass is 823 g/mol. The van der Waals surface area contributed by atoms with Gasteiger partial charge in [-0.15, -0.1) is 0 Å². The number of methoxy groups -OCH3 is 2. The highest BCUT2D eigenvalue weighted by Crippen LogP contribution is 2.19. The van der Waals surface area contributed by atoms with E-state index in [9.17, 15) is 0 Å². The van der Waals surface area contributed by atoms with Crippen molar-refractivity contribution in [2.45, 2.75) is 70.6 Å². The predicted molar refractivity (Wildman–Crippen MR) is 257 cm³/mol. The van der Waals surface area contributed by atoms with Gasteiger partial charge in [0.05, 0.1) is 24.2 Å². The lowest BCUT2D eigenvalue weighted by Gasteiger charge is -1.95. The van der Waals surface area contributed by atoms with Crippen LogP contribution in [-0.2, 0) is 32.2 Å². The van der Waals surface area contributed by atoms with Gasteiger partial charge in [0.25, 0.3) is 0 Å². The molecule has 0 aliphatic rings. The number of rotatable bonds is 10. The van der Waals surface area contributed by atoms with Crippen molar-refractivity contribution in [2.24, 2.45) is 0 Å². The van der Waals surface area contributed by atoms with E-state index < -0.39 is 0 Å². The predicted octanol–water partition coefficient (Wildman–Crippen LogP) is 13.4. The van der Waals surface area contributed by atoms with Crippen LogP contribution < -0.4 is 0 Å². The first-order valence-electron chi connectivity index (χ1n) is 18.9. The maximum Gasteiger partial charge on any atom is 0.138 e. The molecule has 0 unspecified atom stereocenters. The maximum absolute atomic E-state index is 5.32. The number of nitrogens with zero attached hydrogens (tertiary/aromatic N) is 2. The molecule has 328 valence electrons. The normalized spacial score (nSPS) is 9.30. The topological polar surface area (TPSA) is 126 Å². The summed E-state index contributed by atoms with van der Waals surface area (Å²) in [5.74, 6) is 1.85. The van der Waals surface area contributed by atoms with Crippen molar-refractivity contribution < 1.29 is 18.9 Å². The minimum absolute atomic E-state index is 0. The second-order valence-corrected chi connectivity index (χ2v) is 11.8. The van der Waals surface area contributed by atoms with Crippen molar-refractivity contribution in [3.8, 4) is 22.8 Å². The second-order valence-electron chi connectivity index (χ2n) is 11.8. The molecule has 4 aromatic carbocycles. The number of hydrogen-bond acceptors (Lipinski definition) is 6. The number of hydrogen-bond donors (Lipinski definition) is 4. The smallest absolute Gasteiger partial charge is 0.138 e. The number of aromatic amines is 4. The molecule has 0 radical (unpaired) electrons. The first kappa shape index (κ1) is 56.3. The molecule has 0 saturated carbocycles. The van der Waals surface area contributed by atoms with Crippen LogP contribution in [0.3, 0.4) is 0 Å². The number of aromatic nitrogens is 6. The van der Waals surface area contributed by atoms with E-state index in [0.717, 1.165) is 71.6 Å². The Balaban J connectivity index is 0. The van der Waals surface area contributed by atoms with Crippen molar-refractivity contribution in [2.75, 3.05) is 40.6 Å². The fraction of sp³-hybridized carbons (Fsp3) is 0.320. The summed E-state index contributed by atoms with van der Waals surface area (Å²) in [5, 5.41) is 1.25. The Bertz CT molecular complexity index is 2000. The summed E-state index contributed by atoms with van der Waals surface area (Å²) < 4.78 is 19.5. The Kier molecular flexibility index (Phi) is 33.0. The Morgan fingerprint density at radius 2 is 1.00 bits per heavy atom. The number of benzene rings is 4. The van der Waals surface area contributed by atoms with Gasteiger partial charge in [-0.05, 0) is 69.5 Å². The van der Waals surface area contributed by atoms with Gasteiger partial charge >= 0.3 is 0 Å². The van der Waals surface area contributed by atoms with Crippen molar-refractivity contribution >= 4 is 21.9 Å². The van der Waals surface area contributed by atoms with Crippen LogP contribution in [0.2, 0.25) is 0 Å². The van der Waals surface area contributed by atoms with E-state index in [-0.39, 0.29) is 29.7 Å². The zero-order valence-corrected chi connectivity index (χ0v) is 33.6. The van der Waals surface area contributed by atoms with E-state index in [1.165, 1.54) is 10.9 Å². The highest BCUT2D eigenvalue weighted by atomic mass is 16.5. The summed E-state index contributed by atoms with van der Waals surface area (Å²) in [5.41, 5.74) is 7.79. The van der Waals surface area contributed by atoms with E-state index in [1.807, 2.05) is 137 Å². The summed E-state index contributed by atoms with van der Waals surface area (Å²) in [6, 6.07) is 42.6. The molecule has 10 heteroatoms. The molecular weight excluding hydrogens is 749 g/mol. The third-order valence-electron chi connectivity index (χ3n) is 7.73. The summed E-state index contributed by atoms with van der Waals surface area (Å²) >= 11 is 0. The minimum Gasteiger partial charge on any atom is -0.385 e. The molecule has 8 rings (SSSR count). The molecule has 0 fully saturated rings. The van der Waals surface area contributed by atoms with E-state index in [1.54, 1.807) is 20.4 Å². The molecule has 0 bridgehead atoms. The quantitative estimate of drug-likeness (QED) is 0.109. The molecule has 8 aromatic rings. The van der Waals surface area contributed by atoms with Gasteiger partial charge in [0.2, 0.25) is 0 Å². The Morgan fingerprint density at radius 1 is 0.483 bits per heavy atom. The summed E-state index contributed by atoms with van der Waals surface area (Å²) in [6.45, 7) is 12.5. The van der Waals surface area contributed by atoms with Gasteiger partial charge in [0.15, 0.2) is 0 Å². The molecule has 60 heavy (non-hydrogen) atoms. The van der Waals surface area contributed by atoms with Crippen molar-refractivity contribution in [1.82, 2.24) is 29.9 Å². The first-order chi connectivity index (χ1) is 27.6. The average Bonchev–Trinajstić information content (AvgIpc) is 4.11. The van der Waals surface area contributed by atoms with Crippen LogP contribution in [0.5, 0.6) is 0 Å². The fourth-order valence-corrected chi connectivity index (χ4v) is 4.80. The molecule has 0 spiro atoms. The van der Waals surface area contributed by atoms with Gasteiger partial charge in [-0.3, -0.25) is 0 Å². The van der Waals surface area contributed by atoms with E-state index in [4.69, 9.17) is 9.47 Å². The number of imidazole rings is 2. The highest BCUT2D eigenvalue weighted by Gasteiger charge is 2.03. The maximum atomic E-state index is 5.32. The first-order valence-corrected chi connectivity index (χ1v) is 18.9. The fourth-order valence-electron chi connectivity index (χ4n) is 4.80. The molecule has 4 heterocycles. The van der Waals surface area contributed by atoms with Gasteiger partial charge < -0.3 is 38.9 Å². The van der Waals surface area contributed by atoms with Gasteiger partial charge in [-0.1, -0.05) is 121 Å². The molecule has 10 nitrogen and oxygen atoms in total. The van der Waals surface area contributed by atoms with Crippen LogP contribution >= 0.6 is 0 Å². The lowest BCUT2D eigenvalue weighted by molar-refractivity contribution is 0.131. The zero-order valence-electron chi connectivity index (χ0n) is 33.6. The Labute approximate surface area is 361 Å². The summed E-state index contributed by atoms with van der Waals surface area (Å²) in [7, 11) is 3.36. The standard InChI is InChI=1S/C13H10N2.C11H13NO.C9H8N2.C7H11NO.2C3H8O.4CH4/c1-2-6-10(7-3-1)13-14-11-8-4-5-9-12(11)15-13;1-2-13-8-10-7-9-5-3-4-6-11(9)12-10;1-2-4-8(5-3-1)9-10-6-7-11-9;1-2-9-6-7-4-3-5-8-7;2*1-3-4-2;;;;/h1-9H,(H,14,15);3-7,12H,2,8H2,1H3;1-7H,(H,10,11);3-5,8H,2,6H2,1H3;2*3H2,1-2H3;4*1H4. The Hall–Kier alpha value is -5.78.